The molecule has 0 aliphatic rings. The van der Waals surface area contributed by atoms with Crippen molar-refractivity contribution >= 4 is 17.1 Å². The lowest BCUT2D eigenvalue weighted by Gasteiger charge is -2.10. The number of nitrogens with zero attached hydrogens (tertiary/aromatic N) is 3. The zero-order valence-corrected chi connectivity index (χ0v) is 14.3. The Morgan fingerprint density at radius 1 is 0.926 bits per heavy atom. The van der Waals surface area contributed by atoms with E-state index in [9.17, 15) is 10.1 Å². The van der Waals surface area contributed by atoms with Gasteiger partial charge < -0.3 is 9.88 Å². The minimum atomic E-state index is -0.377. The van der Waals surface area contributed by atoms with Gasteiger partial charge in [-0.15, -0.1) is 0 Å². The van der Waals surface area contributed by atoms with Crippen LogP contribution < -0.4 is 5.32 Å². The van der Waals surface area contributed by atoms with Crippen LogP contribution in [0.25, 0.3) is 16.9 Å². The second-order valence-corrected chi connectivity index (χ2v) is 5.97. The molecular weight excluding hydrogens is 340 g/mol. The molecule has 0 aliphatic heterocycles. The molecule has 0 fully saturated rings. The smallest absolute Gasteiger partial charge is 0.294 e. The fourth-order valence-corrected chi connectivity index (χ4v) is 2.89. The Labute approximate surface area is 155 Å². The maximum atomic E-state index is 11.6. The number of hydrogen-bond donors (Lipinski definition) is 1. The lowest BCUT2D eigenvalue weighted by molar-refractivity contribution is -0.383. The average molecular weight is 356 g/mol. The molecular formula is C21H16N4O2. The minimum Gasteiger partial charge on any atom is -0.350 e. The van der Waals surface area contributed by atoms with Crippen LogP contribution in [0, 0.1) is 10.1 Å². The van der Waals surface area contributed by atoms with Crippen LogP contribution >= 0.6 is 0 Å². The first kappa shape index (κ1) is 16.5. The van der Waals surface area contributed by atoms with Crippen molar-refractivity contribution in [2.75, 3.05) is 5.32 Å². The standard InChI is InChI=1S/C21H16N4O2/c26-25(27)21-15-18(24-12-3-4-13-24)9-10-20(21)23-17-7-5-6-16(14-17)19-8-1-2-11-22-19/h1-15,23H. The summed E-state index contributed by atoms with van der Waals surface area (Å²) in [5.74, 6) is 0. The van der Waals surface area contributed by atoms with Crippen LogP contribution in [0.15, 0.2) is 91.4 Å². The van der Waals surface area contributed by atoms with Crippen molar-refractivity contribution < 1.29 is 4.92 Å². The molecule has 27 heavy (non-hydrogen) atoms. The maximum Gasteiger partial charge on any atom is 0.294 e. The second-order valence-electron chi connectivity index (χ2n) is 5.97. The quantitative estimate of drug-likeness (QED) is 0.394. The Kier molecular flexibility index (Phi) is 4.37. The van der Waals surface area contributed by atoms with E-state index in [4.69, 9.17) is 0 Å². The highest BCUT2D eigenvalue weighted by atomic mass is 16.6. The van der Waals surface area contributed by atoms with E-state index in [0.717, 1.165) is 22.6 Å². The van der Waals surface area contributed by atoms with Crippen LogP contribution in [-0.2, 0) is 0 Å². The zero-order valence-electron chi connectivity index (χ0n) is 14.3. The van der Waals surface area contributed by atoms with Crippen LogP contribution in [0.1, 0.15) is 0 Å². The number of pyridine rings is 1. The van der Waals surface area contributed by atoms with Crippen molar-refractivity contribution in [1.82, 2.24) is 9.55 Å². The molecule has 1 N–H and O–H groups in total. The third kappa shape index (κ3) is 3.55. The predicted molar refractivity (Wildman–Crippen MR) is 105 cm³/mol. The molecule has 0 saturated heterocycles. The molecule has 0 spiro atoms. The molecule has 4 rings (SSSR count). The number of aromatic nitrogens is 2. The lowest BCUT2D eigenvalue weighted by atomic mass is 10.1. The van der Waals surface area contributed by atoms with Gasteiger partial charge in [0.2, 0.25) is 0 Å². The van der Waals surface area contributed by atoms with E-state index in [1.807, 2.05) is 77.6 Å². The number of nitrogens with one attached hydrogen (secondary N) is 1. The highest BCUT2D eigenvalue weighted by Crippen LogP contribution is 2.31. The monoisotopic (exact) mass is 356 g/mol. The highest BCUT2D eigenvalue weighted by Gasteiger charge is 2.15. The molecule has 0 radical (unpaired) electrons. The SMILES string of the molecule is O=[N+]([O-])c1cc(-n2cccc2)ccc1Nc1cccc(-c2ccccn2)c1. The van der Waals surface area contributed by atoms with Crippen molar-refractivity contribution in [2.24, 2.45) is 0 Å². The van der Waals surface area contributed by atoms with Gasteiger partial charge in [0.1, 0.15) is 5.69 Å². The van der Waals surface area contributed by atoms with E-state index in [2.05, 4.69) is 10.3 Å². The van der Waals surface area contributed by atoms with Crippen molar-refractivity contribution in [3.63, 3.8) is 0 Å². The minimum absolute atomic E-state index is 0.0180. The van der Waals surface area contributed by atoms with Gasteiger partial charge in [-0.2, -0.15) is 0 Å². The predicted octanol–water partition coefficient (Wildman–Crippen LogP) is 5.19. The largest absolute Gasteiger partial charge is 0.350 e. The molecule has 0 saturated carbocycles. The van der Waals surface area contributed by atoms with Crippen LogP contribution in [-0.4, -0.2) is 14.5 Å². The Balaban J connectivity index is 1.67. The van der Waals surface area contributed by atoms with Gasteiger partial charge in [-0.25, -0.2) is 0 Å². The molecule has 2 heterocycles. The number of nitro benzene ring substituents is 1. The Bertz CT molecular complexity index is 1080. The number of hydrogen-bond acceptors (Lipinski definition) is 4. The average Bonchev–Trinajstić information content (AvgIpc) is 3.24. The summed E-state index contributed by atoms with van der Waals surface area (Å²) in [4.78, 5) is 15.5. The topological polar surface area (TPSA) is 73.0 Å². The fraction of sp³-hybridized carbons (Fsp3) is 0. The number of rotatable bonds is 5. The number of anilines is 2. The van der Waals surface area contributed by atoms with Gasteiger partial charge in [0.15, 0.2) is 0 Å². The third-order valence-corrected chi connectivity index (χ3v) is 4.18. The molecule has 0 amide bonds. The summed E-state index contributed by atoms with van der Waals surface area (Å²) in [5.41, 5.74) is 3.73. The molecule has 6 heteroatoms. The number of nitro groups is 1. The zero-order chi connectivity index (χ0) is 18.6. The van der Waals surface area contributed by atoms with Gasteiger partial charge in [-0.3, -0.25) is 15.1 Å². The van der Waals surface area contributed by atoms with Gasteiger partial charge in [0, 0.05) is 35.9 Å². The maximum absolute atomic E-state index is 11.6. The first-order valence-electron chi connectivity index (χ1n) is 8.41. The van der Waals surface area contributed by atoms with Crippen LogP contribution in [0.2, 0.25) is 0 Å². The summed E-state index contributed by atoms with van der Waals surface area (Å²) in [6.45, 7) is 0. The second kappa shape index (κ2) is 7.13. The Hall–Kier alpha value is -3.93. The first-order chi connectivity index (χ1) is 13.2. The van der Waals surface area contributed by atoms with Crippen molar-refractivity contribution in [3.8, 4) is 16.9 Å². The van der Waals surface area contributed by atoms with E-state index in [1.165, 1.54) is 0 Å². The molecule has 0 bridgehead atoms. The lowest BCUT2D eigenvalue weighted by Crippen LogP contribution is -1.99. The van der Waals surface area contributed by atoms with Crippen LogP contribution in [0.3, 0.4) is 0 Å². The molecule has 4 aromatic rings. The van der Waals surface area contributed by atoms with Gasteiger partial charge in [0.05, 0.1) is 16.3 Å². The normalized spacial score (nSPS) is 10.5. The summed E-state index contributed by atoms with van der Waals surface area (Å²) in [7, 11) is 0. The highest BCUT2D eigenvalue weighted by molar-refractivity contribution is 5.74. The molecule has 2 aromatic carbocycles. The first-order valence-corrected chi connectivity index (χ1v) is 8.41. The van der Waals surface area contributed by atoms with Gasteiger partial charge in [-0.1, -0.05) is 18.2 Å². The summed E-state index contributed by atoms with van der Waals surface area (Å²) in [6.07, 6.45) is 5.44. The van der Waals surface area contributed by atoms with E-state index in [-0.39, 0.29) is 10.6 Å². The van der Waals surface area contributed by atoms with Crippen molar-refractivity contribution in [2.45, 2.75) is 0 Å². The van der Waals surface area contributed by atoms with Crippen LogP contribution in [0.4, 0.5) is 17.1 Å². The van der Waals surface area contributed by atoms with Gasteiger partial charge in [-0.05, 0) is 48.5 Å². The summed E-state index contributed by atoms with van der Waals surface area (Å²) in [6, 6.07) is 22.2. The van der Waals surface area contributed by atoms with Gasteiger partial charge in [0.25, 0.3) is 5.69 Å². The number of benzene rings is 2. The van der Waals surface area contributed by atoms with E-state index in [0.29, 0.717) is 5.69 Å². The molecule has 132 valence electrons. The van der Waals surface area contributed by atoms with E-state index >= 15 is 0 Å². The summed E-state index contributed by atoms with van der Waals surface area (Å²) in [5, 5.41) is 14.7. The molecule has 0 unspecified atom stereocenters. The summed E-state index contributed by atoms with van der Waals surface area (Å²) < 4.78 is 1.83. The molecule has 6 nitrogen and oxygen atoms in total. The Morgan fingerprint density at radius 2 is 1.78 bits per heavy atom. The van der Waals surface area contributed by atoms with Crippen LogP contribution in [0.5, 0.6) is 0 Å². The van der Waals surface area contributed by atoms with Gasteiger partial charge >= 0.3 is 0 Å². The molecule has 0 aliphatic carbocycles. The summed E-state index contributed by atoms with van der Waals surface area (Å²) >= 11 is 0. The molecule has 0 atom stereocenters. The van der Waals surface area contributed by atoms with Crippen molar-refractivity contribution in [1.29, 1.82) is 0 Å². The Morgan fingerprint density at radius 3 is 2.52 bits per heavy atom. The third-order valence-electron chi connectivity index (χ3n) is 4.18. The fourth-order valence-electron chi connectivity index (χ4n) is 2.89. The molecule has 2 aromatic heterocycles. The van der Waals surface area contributed by atoms with E-state index < -0.39 is 0 Å². The van der Waals surface area contributed by atoms with Crippen molar-refractivity contribution in [3.05, 3.63) is 102 Å². The van der Waals surface area contributed by atoms with E-state index in [1.54, 1.807) is 18.3 Å².